The third kappa shape index (κ3) is 4.46. The highest BCUT2D eigenvalue weighted by Crippen LogP contribution is 2.36. The predicted octanol–water partition coefficient (Wildman–Crippen LogP) is 3.39. The van der Waals surface area contributed by atoms with Crippen molar-refractivity contribution in [3.8, 4) is 5.75 Å². The lowest BCUT2D eigenvalue weighted by Crippen LogP contribution is -2.44. The van der Waals surface area contributed by atoms with Crippen molar-refractivity contribution >= 4 is 27.4 Å². The third-order valence-corrected chi connectivity index (χ3v) is 7.71. The number of sulfonamides is 1. The fraction of sp³-hybridized carbons (Fsp3) is 0.318. The first kappa shape index (κ1) is 23.2. The average molecular weight is 492 g/mol. The minimum absolute atomic E-state index is 0.0968. The maximum Gasteiger partial charge on any atom is 0.434 e. The summed E-state index contributed by atoms with van der Waals surface area (Å²) in [7, 11) is -4.24. The second-order valence-corrected chi connectivity index (χ2v) is 10.2. The molecule has 1 aliphatic rings. The van der Waals surface area contributed by atoms with Crippen LogP contribution >= 0.6 is 11.6 Å². The van der Waals surface area contributed by atoms with Gasteiger partial charge in [0.05, 0.1) is 17.0 Å². The van der Waals surface area contributed by atoms with Crippen LogP contribution in [0.1, 0.15) is 58.2 Å². The molecule has 0 spiro atoms. The SMILES string of the molecule is Cc1cccc([C@@H](C)[C@H](NS(=O)(=O)C2CC(=O)c3c(Cl)cccc3O2)c2n[nH]c(=O)o2)c1C. The fourth-order valence-corrected chi connectivity index (χ4v) is 5.61. The van der Waals surface area contributed by atoms with Crippen LogP contribution in [0.15, 0.2) is 45.6 Å². The molecule has 4 rings (SSSR count). The molecule has 9 nitrogen and oxygen atoms in total. The summed E-state index contributed by atoms with van der Waals surface area (Å²) in [6, 6.07) is 9.25. The van der Waals surface area contributed by atoms with Gasteiger partial charge < -0.3 is 9.15 Å². The summed E-state index contributed by atoms with van der Waals surface area (Å²) in [4.78, 5) is 24.2. The molecule has 0 radical (unpaired) electrons. The molecule has 0 saturated carbocycles. The Morgan fingerprint density at radius 2 is 1.91 bits per heavy atom. The summed E-state index contributed by atoms with van der Waals surface area (Å²) in [5, 5.41) is 6.21. The second kappa shape index (κ2) is 8.77. The molecule has 1 aromatic heterocycles. The van der Waals surface area contributed by atoms with Crippen molar-refractivity contribution in [2.75, 3.05) is 0 Å². The van der Waals surface area contributed by atoms with Gasteiger partial charge in [0.15, 0.2) is 5.78 Å². The van der Waals surface area contributed by atoms with Crippen LogP contribution in [0.2, 0.25) is 5.02 Å². The number of halogens is 1. The number of carbonyl (C=O) groups is 1. The van der Waals surface area contributed by atoms with Crippen molar-refractivity contribution in [3.05, 3.63) is 80.1 Å². The number of aryl methyl sites for hydroxylation is 1. The number of nitrogens with one attached hydrogen (secondary N) is 2. The van der Waals surface area contributed by atoms with Gasteiger partial charge in [0.1, 0.15) is 11.8 Å². The van der Waals surface area contributed by atoms with Crippen molar-refractivity contribution in [2.45, 2.75) is 44.6 Å². The Labute approximate surface area is 195 Å². The third-order valence-electron chi connectivity index (χ3n) is 5.86. The van der Waals surface area contributed by atoms with Gasteiger partial charge in [-0.2, -0.15) is 4.72 Å². The zero-order valence-corrected chi connectivity index (χ0v) is 19.7. The van der Waals surface area contributed by atoms with Gasteiger partial charge in [-0.1, -0.05) is 42.8 Å². The topological polar surface area (TPSA) is 131 Å². The van der Waals surface area contributed by atoms with Gasteiger partial charge in [0, 0.05) is 5.92 Å². The molecule has 0 fully saturated rings. The lowest BCUT2D eigenvalue weighted by molar-refractivity contribution is 0.0910. The fourth-order valence-electron chi connectivity index (χ4n) is 3.92. The molecule has 2 N–H and O–H groups in total. The number of aromatic amines is 1. The molecule has 1 aliphatic heterocycles. The number of benzene rings is 2. The number of rotatable bonds is 6. The lowest BCUT2D eigenvalue weighted by atomic mass is 9.88. The lowest BCUT2D eigenvalue weighted by Gasteiger charge is -2.29. The zero-order chi connectivity index (χ0) is 23.9. The number of fused-ring (bicyclic) bond motifs is 1. The molecule has 0 aliphatic carbocycles. The highest BCUT2D eigenvalue weighted by molar-refractivity contribution is 7.90. The Morgan fingerprint density at radius 1 is 1.18 bits per heavy atom. The van der Waals surface area contributed by atoms with E-state index >= 15 is 0 Å². The first-order chi connectivity index (χ1) is 15.6. The smallest absolute Gasteiger partial charge is 0.434 e. The normalized spacial score (nSPS) is 17.8. The maximum absolute atomic E-state index is 13.3. The van der Waals surface area contributed by atoms with E-state index in [4.69, 9.17) is 20.8 Å². The molecule has 1 unspecified atom stereocenters. The first-order valence-electron chi connectivity index (χ1n) is 10.2. The summed E-state index contributed by atoms with van der Waals surface area (Å²) >= 11 is 6.08. The number of ether oxygens (including phenoxy) is 1. The Kier molecular flexibility index (Phi) is 6.17. The van der Waals surface area contributed by atoms with Gasteiger partial charge in [-0.3, -0.25) is 4.79 Å². The maximum atomic E-state index is 13.3. The highest BCUT2D eigenvalue weighted by Gasteiger charge is 2.40. The van der Waals surface area contributed by atoms with Crippen LogP contribution < -0.4 is 15.2 Å². The number of H-pyrrole nitrogens is 1. The molecular weight excluding hydrogens is 470 g/mol. The van der Waals surface area contributed by atoms with E-state index in [-0.39, 0.29) is 22.2 Å². The van der Waals surface area contributed by atoms with Crippen molar-refractivity contribution in [3.63, 3.8) is 0 Å². The van der Waals surface area contributed by atoms with E-state index in [1.54, 1.807) is 13.0 Å². The Balaban J connectivity index is 1.70. The van der Waals surface area contributed by atoms with E-state index in [0.717, 1.165) is 16.7 Å². The van der Waals surface area contributed by atoms with E-state index in [2.05, 4.69) is 14.9 Å². The molecule has 3 aromatic rings. The van der Waals surface area contributed by atoms with Crippen LogP contribution in [-0.4, -0.2) is 29.8 Å². The molecule has 2 heterocycles. The zero-order valence-electron chi connectivity index (χ0n) is 18.1. The molecule has 3 atom stereocenters. The van der Waals surface area contributed by atoms with Gasteiger partial charge in [-0.05, 0) is 42.7 Å². The van der Waals surface area contributed by atoms with E-state index < -0.39 is 45.4 Å². The standard InChI is InChI=1S/C22H22ClN3O6S/c1-11-6-4-7-14(12(11)2)13(3)20(21-24-25-22(28)32-21)26-33(29,30)18-10-16(27)19-15(23)8-5-9-17(19)31-18/h4-9,13,18,20,26H,10H2,1-3H3,(H,25,28)/t13-,18?,20+/m1/s1. The number of ketones is 1. The summed E-state index contributed by atoms with van der Waals surface area (Å²) < 4.78 is 40.0. The molecule has 0 bridgehead atoms. The van der Waals surface area contributed by atoms with Gasteiger partial charge in [-0.25, -0.2) is 18.3 Å². The second-order valence-electron chi connectivity index (χ2n) is 7.96. The van der Waals surface area contributed by atoms with Crippen molar-refractivity contribution < 1.29 is 22.4 Å². The number of hydrogen-bond acceptors (Lipinski definition) is 7. The Bertz CT molecular complexity index is 1380. The van der Waals surface area contributed by atoms with Crippen LogP contribution in [0.5, 0.6) is 5.75 Å². The molecule has 33 heavy (non-hydrogen) atoms. The van der Waals surface area contributed by atoms with Gasteiger partial charge in [-0.15, -0.1) is 5.10 Å². The summed E-state index contributed by atoms with van der Waals surface area (Å²) in [5.74, 6) is -1.74. The van der Waals surface area contributed by atoms with Gasteiger partial charge in [0.25, 0.3) is 10.0 Å². The summed E-state index contributed by atoms with van der Waals surface area (Å²) in [6.07, 6.45) is -0.416. The molecule has 2 aromatic carbocycles. The van der Waals surface area contributed by atoms with Crippen molar-refractivity contribution in [2.24, 2.45) is 0 Å². The largest absolute Gasteiger partial charge is 0.472 e. The van der Waals surface area contributed by atoms with Crippen molar-refractivity contribution in [1.82, 2.24) is 14.9 Å². The quantitative estimate of drug-likeness (QED) is 0.540. The number of aromatic nitrogens is 2. The van der Waals surface area contributed by atoms with Crippen LogP contribution in [0, 0.1) is 13.8 Å². The molecule has 11 heteroatoms. The summed E-state index contributed by atoms with van der Waals surface area (Å²) in [5.41, 5.74) is 1.52. The van der Waals surface area contributed by atoms with E-state index in [1.165, 1.54) is 12.1 Å². The van der Waals surface area contributed by atoms with E-state index in [1.807, 2.05) is 32.0 Å². The molecule has 0 saturated heterocycles. The Morgan fingerprint density at radius 3 is 2.61 bits per heavy atom. The molecule has 0 amide bonds. The van der Waals surface area contributed by atoms with Gasteiger partial charge >= 0.3 is 5.76 Å². The minimum Gasteiger partial charge on any atom is -0.472 e. The molecular formula is C22H22ClN3O6S. The number of Topliss-reactive ketones (excluding diaryl/α,β-unsaturated/α-hetero) is 1. The Hall–Kier alpha value is -2.95. The van der Waals surface area contributed by atoms with Crippen LogP contribution in [0.3, 0.4) is 0 Å². The number of hydrogen-bond donors (Lipinski definition) is 2. The number of carbonyl (C=O) groups excluding carboxylic acids is 1. The van der Waals surface area contributed by atoms with Crippen molar-refractivity contribution in [1.29, 1.82) is 0 Å². The predicted molar refractivity (Wildman–Crippen MR) is 121 cm³/mol. The van der Waals surface area contributed by atoms with Crippen LogP contribution in [-0.2, 0) is 10.0 Å². The average Bonchev–Trinajstić information content (AvgIpc) is 3.19. The van der Waals surface area contributed by atoms with Crippen LogP contribution in [0.4, 0.5) is 0 Å². The first-order valence-corrected chi connectivity index (χ1v) is 12.1. The summed E-state index contributed by atoms with van der Waals surface area (Å²) in [6.45, 7) is 5.67. The van der Waals surface area contributed by atoms with Gasteiger partial charge in [0.2, 0.25) is 11.3 Å². The minimum atomic E-state index is -4.24. The van der Waals surface area contributed by atoms with E-state index in [0.29, 0.717) is 0 Å². The highest BCUT2D eigenvalue weighted by atomic mass is 35.5. The monoisotopic (exact) mass is 491 g/mol. The van der Waals surface area contributed by atoms with E-state index in [9.17, 15) is 18.0 Å². The number of nitrogens with zero attached hydrogens (tertiary/aromatic N) is 1. The molecule has 174 valence electrons. The van der Waals surface area contributed by atoms with Crippen LogP contribution in [0.25, 0.3) is 0 Å².